The molecule has 4 aromatic rings. The summed E-state index contributed by atoms with van der Waals surface area (Å²) in [4.78, 5) is 0. The van der Waals surface area contributed by atoms with Gasteiger partial charge in [-0.05, 0) is 67.9 Å². The van der Waals surface area contributed by atoms with Crippen molar-refractivity contribution >= 4 is 42.4 Å². The molecule has 0 N–H and O–H groups in total. The van der Waals surface area contributed by atoms with Crippen LogP contribution in [-0.2, 0) is 0 Å². The van der Waals surface area contributed by atoms with Gasteiger partial charge in [-0.3, -0.25) is 0 Å². The van der Waals surface area contributed by atoms with Crippen molar-refractivity contribution in [3.05, 3.63) is 144 Å². The molecule has 0 fully saturated rings. The minimum atomic E-state index is 0.900. The van der Waals surface area contributed by atoms with Crippen molar-refractivity contribution in [1.29, 1.82) is 0 Å². The molecule has 4 rings (SSSR count). The van der Waals surface area contributed by atoms with E-state index >= 15 is 0 Å². The molecule has 0 heterocycles. The average Bonchev–Trinajstić information content (AvgIpc) is 2.90. The first-order chi connectivity index (χ1) is 16.7. The van der Waals surface area contributed by atoms with Crippen LogP contribution in [0.5, 0.6) is 0 Å². The van der Waals surface area contributed by atoms with E-state index in [4.69, 9.17) is 0 Å². The van der Waals surface area contributed by atoms with Crippen molar-refractivity contribution in [3.63, 3.8) is 0 Å². The fraction of sp³-hybridized carbons (Fsp3) is 0.0303. The maximum Gasteiger partial charge on any atom is 0.155 e. The minimum Gasteiger partial charge on any atom is -0.0985 e. The van der Waals surface area contributed by atoms with Gasteiger partial charge in [0.05, 0.1) is 0 Å². The summed E-state index contributed by atoms with van der Waals surface area (Å²) in [6.45, 7) is 14.3. The van der Waals surface area contributed by atoms with E-state index < -0.39 is 0 Å². The van der Waals surface area contributed by atoms with Crippen LogP contribution in [-0.4, -0.2) is 7.28 Å². The van der Waals surface area contributed by atoms with Crippen LogP contribution in [0.4, 0.5) is 0 Å². The molecular formula is C33H29B. The summed E-state index contributed by atoms with van der Waals surface area (Å²) in [5, 5.41) is 2.50. The van der Waals surface area contributed by atoms with E-state index in [0.29, 0.717) is 0 Å². The SMILES string of the molecule is C=CC(=C\c1ccccc1C=C)/C(BC)=C/c1ccc(-c2ccc3ccccc3c2)cc1C=C. The lowest BCUT2D eigenvalue weighted by Gasteiger charge is -2.11. The number of rotatable bonds is 8. The molecule has 0 aliphatic heterocycles. The van der Waals surface area contributed by atoms with E-state index in [1.165, 1.54) is 27.4 Å². The molecule has 0 amide bonds. The molecule has 0 nitrogen and oxygen atoms in total. The smallest absolute Gasteiger partial charge is 0.0985 e. The largest absolute Gasteiger partial charge is 0.155 e. The molecule has 0 aromatic heterocycles. The van der Waals surface area contributed by atoms with Crippen molar-refractivity contribution in [1.82, 2.24) is 0 Å². The second-order valence-corrected chi connectivity index (χ2v) is 8.27. The maximum absolute atomic E-state index is 4.09. The monoisotopic (exact) mass is 436 g/mol. The molecule has 0 atom stereocenters. The van der Waals surface area contributed by atoms with Crippen molar-refractivity contribution in [2.75, 3.05) is 0 Å². The van der Waals surface area contributed by atoms with Gasteiger partial charge in [0.15, 0.2) is 7.28 Å². The summed E-state index contributed by atoms with van der Waals surface area (Å²) in [5.41, 5.74) is 9.27. The van der Waals surface area contributed by atoms with E-state index in [-0.39, 0.29) is 0 Å². The van der Waals surface area contributed by atoms with E-state index in [9.17, 15) is 0 Å². The zero-order valence-electron chi connectivity index (χ0n) is 19.8. The van der Waals surface area contributed by atoms with Gasteiger partial charge in [0, 0.05) is 0 Å². The predicted molar refractivity (Wildman–Crippen MR) is 155 cm³/mol. The average molecular weight is 436 g/mol. The fourth-order valence-electron chi connectivity index (χ4n) is 4.29. The molecular weight excluding hydrogens is 407 g/mol. The Hall–Kier alpha value is -4.10. The summed E-state index contributed by atoms with van der Waals surface area (Å²) in [7, 11) is 0.900. The zero-order valence-corrected chi connectivity index (χ0v) is 19.8. The molecule has 164 valence electrons. The van der Waals surface area contributed by atoms with Gasteiger partial charge in [0.2, 0.25) is 0 Å². The Labute approximate surface area is 204 Å². The second-order valence-electron chi connectivity index (χ2n) is 8.27. The molecule has 1 heteroatoms. The highest BCUT2D eigenvalue weighted by Crippen LogP contribution is 2.29. The first kappa shape index (κ1) is 23.1. The molecule has 0 spiro atoms. The van der Waals surface area contributed by atoms with E-state index in [1.807, 2.05) is 24.3 Å². The summed E-state index contributed by atoms with van der Waals surface area (Å²) < 4.78 is 0. The van der Waals surface area contributed by atoms with Gasteiger partial charge in [0.25, 0.3) is 0 Å². The number of allylic oxidation sites excluding steroid dienone is 3. The Balaban J connectivity index is 1.74. The van der Waals surface area contributed by atoms with Crippen LogP contribution < -0.4 is 0 Å². The van der Waals surface area contributed by atoms with Gasteiger partial charge in [-0.15, -0.1) is 0 Å². The normalized spacial score (nSPS) is 11.8. The van der Waals surface area contributed by atoms with Crippen LogP contribution in [0.25, 0.3) is 46.2 Å². The molecule has 0 saturated carbocycles. The summed E-state index contributed by atoms with van der Waals surface area (Å²) in [6, 6.07) is 30.0. The Kier molecular flexibility index (Phi) is 7.25. The highest BCUT2D eigenvalue weighted by Gasteiger charge is 2.07. The first-order valence-corrected chi connectivity index (χ1v) is 11.7. The fourth-order valence-corrected chi connectivity index (χ4v) is 4.29. The molecule has 0 bridgehead atoms. The molecule has 0 unspecified atom stereocenters. The van der Waals surface area contributed by atoms with Crippen molar-refractivity contribution in [3.8, 4) is 11.1 Å². The summed E-state index contributed by atoms with van der Waals surface area (Å²) >= 11 is 0. The lowest BCUT2D eigenvalue weighted by Crippen LogP contribution is -1.96. The third-order valence-electron chi connectivity index (χ3n) is 6.22. The zero-order chi connectivity index (χ0) is 23.9. The standard InChI is InChI=1S/C33H29B/c1-5-24-12-8-10-14-28(24)21-26(7-3)33(34-4)23-32-19-18-30(20-25(32)6-2)31-17-16-27-13-9-11-15-29(27)22-31/h5-23,34H,1-3H2,4H3/b26-21+,33-23-. The van der Waals surface area contributed by atoms with E-state index in [1.54, 1.807) is 0 Å². The van der Waals surface area contributed by atoms with Crippen LogP contribution in [0.1, 0.15) is 22.3 Å². The van der Waals surface area contributed by atoms with Gasteiger partial charge in [-0.1, -0.05) is 129 Å². The van der Waals surface area contributed by atoms with Crippen molar-refractivity contribution < 1.29 is 0 Å². The Bertz CT molecular complexity index is 1430. The molecule has 34 heavy (non-hydrogen) atoms. The van der Waals surface area contributed by atoms with Crippen LogP contribution in [0.15, 0.2) is 122 Å². The van der Waals surface area contributed by atoms with Crippen LogP contribution in [0.2, 0.25) is 6.82 Å². The number of hydrogen-bond acceptors (Lipinski definition) is 0. The lowest BCUT2D eigenvalue weighted by molar-refractivity contribution is 1.56. The topological polar surface area (TPSA) is 0 Å². The van der Waals surface area contributed by atoms with Crippen LogP contribution >= 0.6 is 0 Å². The third kappa shape index (κ3) is 4.95. The molecule has 0 aliphatic rings. The Morgan fingerprint density at radius 2 is 1.24 bits per heavy atom. The maximum atomic E-state index is 4.09. The number of fused-ring (bicyclic) bond motifs is 1. The van der Waals surface area contributed by atoms with Gasteiger partial charge < -0.3 is 0 Å². The van der Waals surface area contributed by atoms with Gasteiger partial charge in [-0.25, -0.2) is 0 Å². The molecule has 0 aliphatic carbocycles. The van der Waals surface area contributed by atoms with Gasteiger partial charge in [-0.2, -0.15) is 0 Å². The highest BCUT2D eigenvalue weighted by molar-refractivity contribution is 6.47. The minimum absolute atomic E-state index is 0.900. The molecule has 0 radical (unpaired) electrons. The van der Waals surface area contributed by atoms with Crippen LogP contribution in [0, 0.1) is 0 Å². The highest BCUT2D eigenvalue weighted by atomic mass is 14.1. The predicted octanol–water partition coefficient (Wildman–Crippen LogP) is 8.89. The van der Waals surface area contributed by atoms with E-state index in [2.05, 4.69) is 118 Å². The van der Waals surface area contributed by atoms with Crippen molar-refractivity contribution in [2.45, 2.75) is 6.82 Å². The Morgan fingerprint density at radius 3 is 1.94 bits per heavy atom. The quantitative estimate of drug-likeness (QED) is 0.191. The first-order valence-electron chi connectivity index (χ1n) is 11.7. The number of benzene rings is 4. The molecule has 4 aromatic carbocycles. The Morgan fingerprint density at radius 1 is 0.618 bits per heavy atom. The van der Waals surface area contributed by atoms with E-state index in [0.717, 1.165) is 35.1 Å². The summed E-state index contributed by atoms with van der Waals surface area (Å²) in [5.74, 6) is 0. The summed E-state index contributed by atoms with van der Waals surface area (Å²) in [6.07, 6.45) is 10.2. The van der Waals surface area contributed by atoms with Crippen LogP contribution in [0.3, 0.4) is 0 Å². The molecule has 0 saturated heterocycles. The van der Waals surface area contributed by atoms with Gasteiger partial charge >= 0.3 is 0 Å². The van der Waals surface area contributed by atoms with Crippen molar-refractivity contribution in [2.24, 2.45) is 0 Å². The second kappa shape index (κ2) is 10.7. The number of hydrogen-bond donors (Lipinski definition) is 0. The lowest BCUT2D eigenvalue weighted by atomic mass is 9.67. The van der Waals surface area contributed by atoms with Gasteiger partial charge in [0.1, 0.15) is 0 Å². The third-order valence-corrected chi connectivity index (χ3v) is 6.22.